The second-order valence-electron chi connectivity index (χ2n) is 5.10. The lowest BCUT2D eigenvalue weighted by Gasteiger charge is -2.36. The molecule has 1 aliphatic carbocycles. The SMILES string of the molecule is CCOC1CC(CC(Cc2cn(C)nn2)NN)C1. The van der Waals surface area contributed by atoms with Gasteiger partial charge in [-0.3, -0.25) is 16.0 Å². The van der Waals surface area contributed by atoms with Crippen LogP contribution in [-0.2, 0) is 18.2 Å². The molecule has 1 aromatic rings. The molecule has 3 N–H and O–H groups in total. The molecule has 0 aliphatic heterocycles. The molecule has 6 nitrogen and oxygen atoms in total. The van der Waals surface area contributed by atoms with Gasteiger partial charge in [0.2, 0.25) is 0 Å². The fourth-order valence-corrected chi connectivity index (χ4v) is 2.59. The summed E-state index contributed by atoms with van der Waals surface area (Å²) in [7, 11) is 1.87. The predicted octanol–water partition coefficient (Wildman–Crippen LogP) is 0.395. The average Bonchev–Trinajstić information content (AvgIpc) is 2.70. The Morgan fingerprint density at radius 2 is 2.39 bits per heavy atom. The van der Waals surface area contributed by atoms with E-state index in [2.05, 4.69) is 15.7 Å². The molecule has 1 aliphatic rings. The molecule has 1 heterocycles. The first kappa shape index (κ1) is 13.5. The Balaban J connectivity index is 1.73. The Kier molecular flexibility index (Phi) is 4.68. The van der Waals surface area contributed by atoms with Crippen molar-refractivity contribution in [1.82, 2.24) is 20.4 Å². The smallest absolute Gasteiger partial charge is 0.0843 e. The van der Waals surface area contributed by atoms with Gasteiger partial charge in [-0.1, -0.05) is 5.21 Å². The molecule has 1 saturated carbocycles. The normalized spacial score (nSPS) is 24.8. The zero-order valence-electron chi connectivity index (χ0n) is 11.2. The summed E-state index contributed by atoms with van der Waals surface area (Å²) in [5.74, 6) is 6.33. The third-order valence-electron chi connectivity index (χ3n) is 3.55. The third-order valence-corrected chi connectivity index (χ3v) is 3.55. The number of aryl methyl sites for hydroxylation is 1. The second kappa shape index (κ2) is 6.26. The minimum Gasteiger partial charge on any atom is -0.378 e. The van der Waals surface area contributed by atoms with E-state index in [0.29, 0.717) is 6.10 Å². The van der Waals surface area contributed by atoms with E-state index in [1.807, 2.05) is 20.2 Å². The lowest BCUT2D eigenvalue weighted by Crippen LogP contribution is -2.42. The molecule has 1 aromatic heterocycles. The van der Waals surface area contributed by atoms with Crippen LogP contribution in [-0.4, -0.2) is 33.7 Å². The van der Waals surface area contributed by atoms with Gasteiger partial charge in [0.25, 0.3) is 0 Å². The van der Waals surface area contributed by atoms with Crippen LogP contribution in [0.15, 0.2) is 6.20 Å². The molecule has 1 unspecified atom stereocenters. The fourth-order valence-electron chi connectivity index (χ4n) is 2.59. The summed E-state index contributed by atoms with van der Waals surface area (Å²) in [6, 6.07) is 0.272. The van der Waals surface area contributed by atoms with E-state index in [-0.39, 0.29) is 6.04 Å². The van der Waals surface area contributed by atoms with Crippen molar-refractivity contribution in [3.05, 3.63) is 11.9 Å². The van der Waals surface area contributed by atoms with Crippen molar-refractivity contribution < 1.29 is 4.74 Å². The highest BCUT2D eigenvalue weighted by atomic mass is 16.5. The fraction of sp³-hybridized carbons (Fsp3) is 0.833. The maximum Gasteiger partial charge on any atom is 0.0843 e. The zero-order valence-corrected chi connectivity index (χ0v) is 11.2. The number of nitrogens with one attached hydrogen (secondary N) is 1. The number of rotatable bonds is 7. The summed E-state index contributed by atoms with van der Waals surface area (Å²) < 4.78 is 7.29. The molecule has 0 saturated heterocycles. The topological polar surface area (TPSA) is 78.0 Å². The minimum atomic E-state index is 0.272. The number of ether oxygens (including phenoxy) is 1. The van der Waals surface area contributed by atoms with Crippen LogP contribution < -0.4 is 11.3 Å². The molecule has 0 bridgehead atoms. The van der Waals surface area contributed by atoms with E-state index in [1.165, 1.54) is 0 Å². The van der Waals surface area contributed by atoms with Crippen molar-refractivity contribution in [1.29, 1.82) is 0 Å². The monoisotopic (exact) mass is 253 g/mol. The van der Waals surface area contributed by atoms with Crippen molar-refractivity contribution in [3.63, 3.8) is 0 Å². The third kappa shape index (κ3) is 3.51. The van der Waals surface area contributed by atoms with E-state index < -0.39 is 0 Å². The van der Waals surface area contributed by atoms with E-state index in [0.717, 1.165) is 43.9 Å². The van der Waals surface area contributed by atoms with Gasteiger partial charge in [0.05, 0.1) is 11.8 Å². The number of nitrogens with two attached hydrogens (primary N) is 1. The van der Waals surface area contributed by atoms with Gasteiger partial charge in [-0.05, 0) is 32.1 Å². The number of hydrogen-bond donors (Lipinski definition) is 2. The highest BCUT2D eigenvalue weighted by Crippen LogP contribution is 2.33. The summed E-state index contributed by atoms with van der Waals surface area (Å²) in [5, 5.41) is 8.02. The van der Waals surface area contributed by atoms with Crippen LogP contribution in [0.5, 0.6) is 0 Å². The Morgan fingerprint density at radius 3 is 2.94 bits per heavy atom. The molecule has 6 heteroatoms. The summed E-state index contributed by atoms with van der Waals surface area (Å²) in [4.78, 5) is 0. The molecule has 102 valence electrons. The molecular formula is C12H23N5O. The maximum absolute atomic E-state index is 5.61. The summed E-state index contributed by atoms with van der Waals surface area (Å²) >= 11 is 0. The van der Waals surface area contributed by atoms with Crippen LogP contribution in [0.1, 0.15) is 31.9 Å². The van der Waals surface area contributed by atoms with Crippen LogP contribution in [0, 0.1) is 5.92 Å². The first-order chi connectivity index (χ1) is 8.71. The summed E-state index contributed by atoms with van der Waals surface area (Å²) in [5.41, 5.74) is 3.88. The molecule has 0 radical (unpaired) electrons. The van der Waals surface area contributed by atoms with Crippen LogP contribution in [0.4, 0.5) is 0 Å². The van der Waals surface area contributed by atoms with Gasteiger partial charge in [0, 0.05) is 32.3 Å². The molecule has 0 amide bonds. The Bertz CT molecular complexity index is 361. The number of hydrogen-bond acceptors (Lipinski definition) is 5. The first-order valence-electron chi connectivity index (χ1n) is 6.64. The van der Waals surface area contributed by atoms with Gasteiger partial charge in [-0.25, -0.2) is 0 Å². The quantitative estimate of drug-likeness (QED) is 0.543. The molecular weight excluding hydrogens is 230 g/mol. The van der Waals surface area contributed by atoms with Gasteiger partial charge in [-0.2, -0.15) is 0 Å². The van der Waals surface area contributed by atoms with Gasteiger partial charge >= 0.3 is 0 Å². The molecule has 18 heavy (non-hydrogen) atoms. The molecule has 0 aromatic carbocycles. The van der Waals surface area contributed by atoms with Crippen molar-refractivity contribution in [2.24, 2.45) is 18.8 Å². The zero-order chi connectivity index (χ0) is 13.0. The van der Waals surface area contributed by atoms with Gasteiger partial charge in [0.1, 0.15) is 0 Å². The van der Waals surface area contributed by atoms with E-state index in [1.54, 1.807) is 4.68 Å². The second-order valence-corrected chi connectivity index (χ2v) is 5.10. The predicted molar refractivity (Wildman–Crippen MR) is 68.6 cm³/mol. The van der Waals surface area contributed by atoms with Crippen molar-refractivity contribution in [2.75, 3.05) is 6.61 Å². The van der Waals surface area contributed by atoms with Crippen LogP contribution in [0.25, 0.3) is 0 Å². The van der Waals surface area contributed by atoms with Crippen molar-refractivity contribution in [2.45, 2.75) is 44.8 Å². The minimum absolute atomic E-state index is 0.272. The largest absolute Gasteiger partial charge is 0.378 e. The highest BCUT2D eigenvalue weighted by Gasteiger charge is 2.31. The highest BCUT2D eigenvalue weighted by molar-refractivity contribution is 4.96. The lowest BCUT2D eigenvalue weighted by molar-refractivity contribution is -0.0290. The Morgan fingerprint density at radius 1 is 1.61 bits per heavy atom. The standard InChI is InChI=1S/C12H23N5O/c1-3-18-12-5-9(6-12)4-10(14-13)7-11-8-17(2)16-15-11/h8-10,12,14H,3-7,13H2,1-2H3. The summed E-state index contributed by atoms with van der Waals surface area (Å²) in [6.07, 6.45) is 6.64. The Labute approximate surface area is 108 Å². The van der Waals surface area contributed by atoms with Gasteiger partial charge < -0.3 is 4.74 Å². The lowest BCUT2D eigenvalue weighted by atomic mass is 9.77. The van der Waals surface area contributed by atoms with Crippen LogP contribution in [0.3, 0.4) is 0 Å². The Hall–Kier alpha value is -0.980. The first-order valence-corrected chi connectivity index (χ1v) is 6.64. The van der Waals surface area contributed by atoms with E-state index in [4.69, 9.17) is 10.6 Å². The molecule has 2 rings (SSSR count). The van der Waals surface area contributed by atoms with Gasteiger partial charge in [-0.15, -0.1) is 5.10 Å². The van der Waals surface area contributed by atoms with Gasteiger partial charge in [0.15, 0.2) is 0 Å². The molecule has 1 fully saturated rings. The van der Waals surface area contributed by atoms with E-state index in [9.17, 15) is 0 Å². The maximum atomic E-state index is 5.61. The molecule has 1 atom stereocenters. The number of hydrazine groups is 1. The average molecular weight is 253 g/mol. The van der Waals surface area contributed by atoms with Crippen LogP contribution in [0.2, 0.25) is 0 Å². The van der Waals surface area contributed by atoms with E-state index >= 15 is 0 Å². The van der Waals surface area contributed by atoms with Crippen molar-refractivity contribution >= 4 is 0 Å². The van der Waals surface area contributed by atoms with Crippen molar-refractivity contribution in [3.8, 4) is 0 Å². The number of aromatic nitrogens is 3. The molecule has 0 spiro atoms. The number of nitrogens with zero attached hydrogens (tertiary/aromatic N) is 3. The summed E-state index contributed by atoms with van der Waals surface area (Å²) in [6.45, 7) is 2.86. The van der Waals surface area contributed by atoms with Crippen LogP contribution >= 0.6 is 0 Å².